The highest BCUT2D eigenvalue weighted by molar-refractivity contribution is 7.98. The summed E-state index contributed by atoms with van der Waals surface area (Å²) in [4.78, 5) is 11.6. The zero-order valence-corrected chi connectivity index (χ0v) is 10.3. The topological polar surface area (TPSA) is 75.3 Å². The van der Waals surface area contributed by atoms with E-state index in [0.717, 1.165) is 12.2 Å². The summed E-state index contributed by atoms with van der Waals surface area (Å²) in [7, 11) is 0. The summed E-state index contributed by atoms with van der Waals surface area (Å²) in [5.41, 5.74) is 5.71. The Labute approximate surface area is 96.0 Å². The first-order valence-electron chi connectivity index (χ1n) is 5.31. The highest BCUT2D eigenvalue weighted by atomic mass is 32.2. The molecule has 90 valence electrons. The third-order valence-corrected chi connectivity index (χ3v) is 2.93. The van der Waals surface area contributed by atoms with E-state index < -0.39 is 6.04 Å². The number of amides is 1. The minimum atomic E-state index is -0.426. The summed E-state index contributed by atoms with van der Waals surface area (Å²) in [5.74, 6) is 0.787. The quantitative estimate of drug-likeness (QED) is 0.566. The van der Waals surface area contributed by atoms with Crippen molar-refractivity contribution in [1.29, 1.82) is 0 Å². The molecule has 1 amide bonds. The molecule has 0 aliphatic rings. The molecule has 0 radical (unpaired) electrons. The first-order chi connectivity index (χ1) is 7.15. The highest BCUT2D eigenvalue weighted by Crippen LogP contribution is 2.01. The average molecular weight is 234 g/mol. The fourth-order valence-corrected chi connectivity index (χ4v) is 1.71. The van der Waals surface area contributed by atoms with Gasteiger partial charge in [-0.1, -0.05) is 6.92 Å². The Morgan fingerprint density at radius 3 is 2.67 bits per heavy atom. The van der Waals surface area contributed by atoms with Crippen LogP contribution >= 0.6 is 11.8 Å². The zero-order chi connectivity index (χ0) is 11.7. The predicted octanol–water partition coefficient (Wildman–Crippen LogP) is 0.344. The second kappa shape index (κ2) is 9.00. The number of aliphatic hydroxyl groups is 1. The van der Waals surface area contributed by atoms with Crippen molar-refractivity contribution in [1.82, 2.24) is 5.32 Å². The maximum atomic E-state index is 11.6. The molecule has 0 aliphatic carbocycles. The van der Waals surface area contributed by atoms with Crippen molar-refractivity contribution >= 4 is 17.7 Å². The molecule has 5 heteroatoms. The molecule has 0 bridgehead atoms. The summed E-state index contributed by atoms with van der Waals surface area (Å²) >= 11 is 1.68. The molecule has 0 heterocycles. The van der Waals surface area contributed by atoms with Gasteiger partial charge in [0.25, 0.3) is 0 Å². The fraction of sp³-hybridized carbons (Fsp3) is 0.900. The molecule has 0 aromatic rings. The lowest BCUT2D eigenvalue weighted by molar-refractivity contribution is -0.123. The Bertz CT molecular complexity index is 179. The average Bonchev–Trinajstić information content (AvgIpc) is 2.24. The number of thioether (sulfide) groups is 1. The predicted molar refractivity (Wildman–Crippen MR) is 64.9 cm³/mol. The number of nitrogens with two attached hydrogens (primary N) is 1. The van der Waals surface area contributed by atoms with E-state index >= 15 is 0 Å². The van der Waals surface area contributed by atoms with Crippen LogP contribution in [0.1, 0.15) is 26.2 Å². The minimum Gasteiger partial charge on any atom is -0.396 e. The van der Waals surface area contributed by atoms with Crippen LogP contribution in [0.25, 0.3) is 0 Å². The molecule has 4 nitrogen and oxygen atoms in total. The van der Waals surface area contributed by atoms with Gasteiger partial charge in [-0.05, 0) is 31.3 Å². The van der Waals surface area contributed by atoms with E-state index in [1.54, 1.807) is 11.8 Å². The number of carbonyl (C=O) groups is 1. The first-order valence-corrected chi connectivity index (χ1v) is 6.70. The van der Waals surface area contributed by atoms with Crippen LogP contribution in [0.4, 0.5) is 0 Å². The van der Waals surface area contributed by atoms with E-state index in [9.17, 15) is 4.79 Å². The largest absolute Gasteiger partial charge is 0.396 e. The van der Waals surface area contributed by atoms with Crippen LogP contribution in [0.15, 0.2) is 0 Å². The van der Waals surface area contributed by atoms with E-state index in [1.165, 1.54) is 0 Å². The molecule has 2 unspecified atom stereocenters. The van der Waals surface area contributed by atoms with E-state index in [0.29, 0.717) is 12.8 Å². The summed E-state index contributed by atoms with van der Waals surface area (Å²) in [6.45, 7) is 2.08. The van der Waals surface area contributed by atoms with Gasteiger partial charge < -0.3 is 16.2 Å². The number of hydrogen-bond acceptors (Lipinski definition) is 4. The molecular weight excluding hydrogens is 212 g/mol. The van der Waals surface area contributed by atoms with Crippen molar-refractivity contribution in [3.05, 3.63) is 0 Å². The van der Waals surface area contributed by atoms with Gasteiger partial charge in [-0.2, -0.15) is 11.8 Å². The summed E-state index contributed by atoms with van der Waals surface area (Å²) in [6, 6.07) is -0.381. The van der Waals surface area contributed by atoms with Crippen molar-refractivity contribution in [2.75, 3.05) is 18.6 Å². The Kier molecular flexibility index (Phi) is 8.85. The molecule has 0 aliphatic heterocycles. The second-order valence-corrected chi connectivity index (χ2v) is 4.50. The lowest BCUT2D eigenvalue weighted by Crippen LogP contribution is -2.45. The van der Waals surface area contributed by atoms with E-state index in [2.05, 4.69) is 5.32 Å². The van der Waals surface area contributed by atoms with Gasteiger partial charge in [-0.3, -0.25) is 4.79 Å². The summed E-state index contributed by atoms with van der Waals surface area (Å²) in [5, 5.41) is 11.6. The maximum absolute atomic E-state index is 11.6. The van der Waals surface area contributed by atoms with Crippen LogP contribution in [0.3, 0.4) is 0 Å². The number of rotatable bonds is 8. The molecule has 4 N–H and O–H groups in total. The third kappa shape index (κ3) is 6.76. The van der Waals surface area contributed by atoms with Crippen LogP contribution in [0, 0.1) is 0 Å². The summed E-state index contributed by atoms with van der Waals surface area (Å²) in [6.07, 6.45) is 4.10. The molecule has 0 aromatic heterocycles. The Hall–Kier alpha value is -0.260. The number of carbonyl (C=O) groups excluding carboxylic acids is 1. The van der Waals surface area contributed by atoms with Crippen molar-refractivity contribution in [3.8, 4) is 0 Å². The Morgan fingerprint density at radius 1 is 1.53 bits per heavy atom. The standard InChI is InChI=1S/C10H22N2O2S/c1-3-8(4-6-13)12-10(14)9(11)5-7-15-2/h8-9,13H,3-7,11H2,1-2H3,(H,12,14). The number of aliphatic hydroxyl groups excluding tert-OH is 1. The zero-order valence-electron chi connectivity index (χ0n) is 9.53. The van der Waals surface area contributed by atoms with Crippen LogP contribution in [-0.2, 0) is 4.79 Å². The third-order valence-electron chi connectivity index (χ3n) is 2.29. The molecule has 0 rings (SSSR count). The molecule has 0 saturated heterocycles. The van der Waals surface area contributed by atoms with Gasteiger partial charge in [0.05, 0.1) is 6.04 Å². The van der Waals surface area contributed by atoms with Gasteiger partial charge >= 0.3 is 0 Å². The molecule has 2 atom stereocenters. The van der Waals surface area contributed by atoms with Crippen molar-refractivity contribution in [3.63, 3.8) is 0 Å². The van der Waals surface area contributed by atoms with Gasteiger partial charge in [0.15, 0.2) is 0 Å². The van der Waals surface area contributed by atoms with Crippen LogP contribution < -0.4 is 11.1 Å². The van der Waals surface area contributed by atoms with Crippen molar-refractivity contribution < 1.29 is 9.90 Å². The normalized spacial score (nSPS) is 14.7. The Balaban J connectivity index is 3.87. The van der Waals surface area contributed by atoms with E-state index in [-0.39, 0.29) is 18.6 Å². The van der Waals surface area contributed by atoms with Crippen LogP contribution in [0.5, 0.6) is 0 Å². The van der Waals surface area contributed by atoms with Gasteiger partial charge in [0.2, 0.25) is 5.91 Å². The van der Waals surface area contributed by atoms with Gasteiger partial charge in [-0.25, -0.2) is 0 Å². The Morgan fingerprint density at radius 2 is 2.20 bits per heavy atom. The van der Waals surface area contributed by atoms with Crippen molar-refractivity contribution in [2.24, 2.45) is 5.73 Å². The number of nitrogens with one attached hydrogen (secondary N) is 1. The molecule has 0 saturated carbocycles. The van der Waals surface area contributed by atoms with Crippen LogP contribution in [-0.4, -0.2) is 41.7 Å². The molecule has 15 heavy (non-hydrogen) atoms. The van der Waals surface area contributed by atoms with Gasteiger partial charge in [0, 0.05) is 12.6 Å². The minimum absolute atomic E-state index is 0.0443. The molecule has 0 aromatic carbocycles. The smallest absolute Gasteiger partial charge is 0.237 e. The SMILES string of the molecule is CCC(CCO)NC(=O)C(N)CCSC. The monoisotopic (exact) mass is 234 g/mol. The molecule has 0 spiro atoms. The molecular formula is C10H22N2O2S. The lowest BCUT2D eigenvalue weighted by Gasteiger charge is -2.18. The lowest BCUT2D eigenvalue weighted by atomic mass is 10.1. The van der Waals surface area contributed by atoms with Gasteiger partial charge in [-0.15, -0.1) is 0 Å². The van der Waals surface area contributed by atoms with Gasteiger partial charge in [0.1, 0.15) is 0 Å². The second-order valence-electron chi connectivity index (χ2n) is 3.51. The van der Waals surface area contributed by atoms with Crippen LogP contribution in [0.2, 0.25) is 0 Å². The maximum Gasteiger partial charge on any atom is 0.237 e. The molecule has 0 fully saturated rings. The highest BCUT2D eigenvalue weighted by Gasteiger charge is 2.16. The van der Waals surface area contributed by atoms with Crippen molar-refractivity contribution in [2.45, 2.75) is 38.3 Å². The number of hydrogen-bond donors (Lipinski definition) is 3. The van der Waals surface area contributed by atoms with E-state index in [1.807, 2.05) is 13.2 Å². The fourth-order valence-electron chi connectivity index (χ4n) is 1.22. The van der Waals surface area contributed by atoms with E-state index in [4.69, 9.17) is 10.8 Å². The summed E-state index contributed by atoms with van der Waals surface area (Å²) < 4.78 is 0. The first kappa shape index (κ1) is 14.7.